The molecular formula is C15H12BrClF2O. The van der Waals surface area contributed by atoms with E-state index in [1.807, 2.05) is 0 Å². The van der Waals surface area contributed by atoms with E-state index >= 15 is 0 Å². The summed E-state index contributed by atoms with van der Waals surface area (Å²) in [4.78, 5) is 0. The molecule has 1 nitrogen and oxygen atoms in total. The van der Waals surface area contributed by atoms with Crippen LogP contribution in [0.15, 0.2) is 40.9 Å². The summed E-state index contributed by atoms with van der Waals surface area (Å²) in [7, 11) is 0. The highest BCUT2D eigenvalue weighted by Crippen LogP contribution is 2.21. The lowest BCUT2D eigenvalue weighted by atomic mass is 10.0. The normalized spacial score (nSPS) is 12.4. The van der Waals surface area contributed by atoms with E-state index in [0.29, 0.717) is 11.1 Å². The van der Waals surface area contributed by atoms with Crippen LogP contribution < -0.4 is 0 Å². The maximum Gasteiger partial charge on any atom is 0.145 e. The van der Waals surface area contributed by atoms with Gasteiger partial charge in [-0.05, 0) is 35.4 Å². The molecule has 1 atom stereocenters. The Hall–Kier alpha value is -0.970. The zero-order valence-corrected chi connectivity index (χ0v) is 12.8. The molecule has 0 spiro atoms. The summed E-state index contributed by atoms with van der Waals surface area (Å²) in [6.07, 6.45) is -0.693. The number of aliphatic hydroxyl groups is 1. The Balaban J connectivity index is 2.11. The zero-order chi connectivity index (χ0) is 14.7. The summed E-state index contributed by atoms with van der Waals surface area (Å²) in [5.41, 5.74) is 0.703. The molecule has 5 heteroatoms. The Morgan fingerprint density at radius 2 is 1.80 bits per heavy atom. The lowest BCUT2D eigenvalue weighted by molar-refractivity contribution is 0.173. The second-order valence-corrected chi connectivity index (χ2v) is 5.83. The van der Waals surface area contributed by atoms with E-state index in [1.54, 1.807) is 24.3 Å². The van der Waals surface area contributed by atoms with E-state index in [0.717, 1.165) is 4.47 Å². The molecule has 0 bridgehead atoms. The summed E-state index contributed by atoms with van der Waals surface area (Å²) < 4.78 is 28.0. The molecule has 1 N–H and O–H groups in total. The molecule has 0 aromatic heterocycles. The number of halogens is 4. The van der Waals surface area contributed by atoms with Crippen LogP contribution in [0, 0.1) is 11.6 Å². The number of hydrogen-bond acceptors (Lipinski definition) is 1. The Bertz CT molecular complexity index is 615. The molecule has 2 aromatic rings. The van der Waals surface area contributed by atoms with Gasteiger partial charge in [0.1, 0.15) is 11.6 Å². The molecule has 2 aromatic carbocycles. The highest BCUT2D eigenvalue weighted by atomic mass is 79.9. The molecule has 2 rings (SSSR count). The molecule has 0 aliphatic rings. The molecular weight excluding hydrogens is 350 g/mol. The summed E-state index contributed by atoms with van der Waals surface area (Å²) in [6.45, 7) is 0. The minimum Gasteiger partial charge on any atom is -0.392 e. The highest BCUT2D eigenvalue weighted by Gasteiger charge is 2.14. The number of rotatable bonds is 4. The first-order chi connectivity index (χ1) is 9.47. The number of aliphatic hydroxyl groups excluding tert-OH is 1. The largest absolute Gasteiger partial charge is 0.392 e. The number of hydrogen-bond donors (Lipinski definition) is 1. The lowest BCUT2D eigenvalue weighted by Gasteiger charge is -2.12. The van der Waals surface area contributed by atoms with Crippen LogP contribution >= 0.6 is 27.5 Å². The third-order valence-corrected chi connectivity index (χ3v) is 3.74. The van der Waals surface area contributed by atoms with E-state index in [1.165, 1.54) is 12.1 Å². The summed E-state index contributed by atoms with van der Waals surface area (Å²) in [5, 5.41) is 10.0. The van der Waals surface area contributed by atoms with Gasteiger partial charge in [0.25, 0.3) is 0 Å². The van der Waals surface area contributed by atoms with Crippen molar-refractivity contribution in [3.63, 3.8) is 0 Å². The fourth-order valence-electron chi connectivity index (χ4n) is 1.99. The maximum atomic E-state index is 13.7. The first kappa shape index (κ1) is 15.4. The van der Waals surface area contributed by atoms with Crippen molar-refractivity contribution in [2.24, 2.45) is 0 Å². The Morgan fingerprint density at radius 3 is 2.55 bits per heavy atom. The van der Waals surface area contributed by atoms with Gasteiger partial charge in [-0.15, -0.1) is 0 Å². The second-order valence-electron chi connectivity index (χ2n) is 4.51. The standard InChI is InChI=1S/C15H12BrClF2O/c16-11-4-5-14(18)10(6-11)8-12(20)7-9-2-1-3-13(17)15(9)19/h1-6,12,20H,7-8H2. The summed E-state index contributed by atoms with van der Waals surface area (Å²) in [5.74, 6) is -0.929. The summed E-state index contributed by atoms with van der Waals surface area (Å²) >= 11 is 8.93. The van der Waals surface area contributed by atoms with E-state index in [9.17, 15) is 13.9 Å². The fourth-order valence-corrected chi connectivity index (χ4v) is 2.59. The molecule has 0 radical (unpaired) electrons. The highest BCUT2D eigenvalue weighted by molar-refractivity contribution is 9.10. The van der Waals surface area contributed by atoms with E-state index in [-0.39, 0.29) is 23.7 Å². The van der Waals surface area contributed by atoms with Gasteiger partial charge in [0, 0.05) is 17.3 Å². The van der Waals surface area contributed by atoms with Crippen molar-refractivity contribution in [1.82, 2.24) is 0 Å². The van der Waals surface area contributed by atoms with Gasteiger partial charge in [-0.3, -0.25) is 0 Å². The van der Waals surface area contributed by atoms with Crippen molar-refractivity contribution >= 4 is 27.5 Å². The van der Waals surface area contributed by atoms with E-state index in [2.05, 4.69) is 15.9 Å². The van der Waals surface area contributed by atoms with Gasteiger partial charge in [0.2, 0.25) is 0 Å². The maximum absolute atomic E-state index is 13.7. The van der Waals surface area contributed by atoms with Gasteiger partial charge in [0.05, 0.1) is 11.1 Å². The van der Waals surface area contributed by atoms with Crippen molar-refractivity contribution in [3.8, 4) is 0 Å². The predicted molar refractivity (Wildman–Crippen MR) is 78.9 cm³/mol. The third kappa shape index (κ3) is 3.78. The van der Waals surface area contributed by atoms with Crippen molar-refractivity contribution in [3.05, 3.63) is 68.7 Å². The van der Waals surface area contributed by atoms with Crippen LogP contribution in [0.2, 0.25) is 5.02 Å². The topological polar surface area (TPSA) is 20.2 Å². The molecule has 0 fully saturated rings. The Labute approximate surface area is 129 Å². The molecule has 0 saturated carbocycles. The molecule has 0 amide bonds. The van der Waals surface area contributed by atoms with E-state index < -0.39 is 11.9 Å². The van der Waals surface area contributed by atoms with Gasteiger partial charge in [0.15, 0.2) is 0 Å². The van der Waals surface area contributed by atoms with Crippen LogP contribution in [0.1, 0.15) is 11.1 Å². The molecule has 1 unspecified atom stereocenters. The third-order valence-electron chi connectivity index (χ3n) is 2.95. The fraction of sp³-hybridized carbons (Fsp3) is 0.200. The second kappa shape index (κ2) is 6.66. The molecule has 20 heavy (non-hydrogen) atoms. The van der Waals surface area contributed by atoms with Crippen LogP contribution in [0.3, 0.4) is 0 Å². The SMILES string of the molecule is OC(Cc1cc(Br)ccc1F)Cc1cccc(Cl)c1F. The number of benzene rings is 2. The van der Waals surface area contributed by atoms with Crippen LogP contribution in [0.4, 0.5) is 8.78 Å². The monoisotopic (exact) mass is 360 g/mol. The van der Waals surface area contributed by atoms with Crippen molar-refractivity contribution in [2.75, 3.05) is 0 Å². The van der Waals surface area contributed by atoms with Crippen molar-refractivity contribution in [1.29, 1.82) is 0 Å². The Kier molecular flexibility index (Phi) is 5.13. The minimum atomic E-state index is -0.883. The van der Waals surface area contributed by atoms with Crippen LogP contribution in [0.25, 0.3) is 0 Å². The van der Waals surface area contributed by atoms with Gasteiger partial charge < -0.3 is 5.11 Å². The predicted octanol–water partition coefficient (Wildman–Crippen LogP) is 4.53. The molecule has 0 saturated heterocycles. The molecule has 0 aliphatic carbocycles. The molecule has 0 heterocycles. The van der Waals surface area contributed by atoms with Crippen LogP contribution in [0.5, 0.6) is 0 Å². The first-order valence-corrected chi connectivity index (χ1v) is 7.19. The Morgan fingerprint density at radius 1 is 1.10 bits per heavy atom. The van der Waals surface area contributed by atoms with E-state index in [4.69, 9.17) is 11.6 Å². The lowest BCUT2D eigenvalue weighted by Crippen LogP contribution is -2.15. The minimum absolute atomic E-state index is 0.0170. The van der Waals surface area contributed by atoms with Gasteiger partial charge in [-0.25, -0.2) is 8.78 Å². The quantitative estimate of drug-likeness (QED) is 0.848. The average molecular weight is 362 g/mol. The van der Waals surface area contributed by atoms with Crippen LogP contribution in [-0.2, 0) is 12.8 Å². The average Bonchev–Trinajstić information content (AvgIpc) is 2.39. The van der Waals surface area contributed by atoms with Crippen molar-refractivity contribution in [2.45, 2.75) is 18.9 Å². The van der Waals surface area contributed by atoms with Crippen molar-refractivity contribution < 1.29 is 13.9 Å². The zero-order valence-electron chi connectivity index (χ0n) is 10.4. The van der Waals surface area contributed by atoms with Crippen LogP contribution in [-0.4, -0.2) is 11.2 Å². The van der Waals surface area contributed by atoms with Gasteiger partial charge in [-0.2, -0.15) is 0 Å². The molecule has 106 valence electrons. The first-order valence-electron chi connectivity index (χ1n) is 6.02. The smallest absolute Gasteiger partial charge is 0.145 e. The van der Waals surface area contributed by atoms with Gasteiger partial charge in [-0.1, -0.05) is 39.7 Å². The van der Waals surface area contributed by atoms with Gasteiger partial charge >= 0.3 is 0 Å². The summed E-state index contributed by atoms with van der Waals surface area (Å²) in [6, 6.07) is 9.14. The molecule has 0 aliphatic heterocycles.